The first-order valence-corrected chi connectivity index (χ1v) is 12.2. The molecule has 178 valence electrons. The second-order valence-electron chi connectivity index (χ2n) is 7.98. The molecule has 1 aliphatic heterocycles. The van der Waals surface area contributed by atoms with Gasteiger partial charge in [-0.1, -0.05) is 48.0 Å². The van der Waals surface area contributed by atoms with Crippen molar-refractivity contribution in [3.63, 3.8) is 0 Å². The van der Waals surface area contributed by atoms with Crippen LogP contribution in [0.5, 0.6) is 17.2 Å². The fraction of sp³-hybridized carbons (Fsp3) is 0.0714. The Morgan fingerprint density at radius 3 is 2.64 bits per heavy atom. The van der Waals surface area contributed by atoms with Crippen LogP contribution in [0.4, 0.5) is 0 Å². The number of halogens is 1. The van der Waals surface area contributed by atoms with Gasteiger partial charge in [0.2, 0.25) is 5.88 Å². The number of nitrogens with two attached hydrogens (primary N) is 1. The lowest BCUT2D eigenvalue weighted by Crippen LogP contribution is -2.21. The van der Waals surface area contributed by atoms with Crippen LogP contribution in [-0.4, -0.2) is 5.97 Å². The molecule has 6 nitrogen and oxygen atoms in total. The van der Waals surface area contributed by atoms with Crippen LogP contribution in [0.1, 0.15) is 32.3 Å². The van der Waals surface area contributed by atoms with Gasteiger partial charge in [-0.3, -0.25) is 0 Å². The molecule has 2 N–H and O–H groups in total. The van der Waals surface area contributed by atoms with Crippen molar-refractivity contribution in [3.8, 4) is 23.3 Å². The van der Waals surface area contributed by atoms with E-state index in [-0.39, 0.29) is 5.88 Å². The number of carbonyl (C=O) groups is 1. The molecule has 0 aliphatic carbocycles. The maximum absolute atomic E-state index is 12.4. The van der Waals surface area contributed by atoms with Gasteiger partial charge in [0.1, 0.15) is 40.4 Å². The SMILES string of the molecule is N#CC1=C(N)Oc2cc(OC(=O)c3cccs3)ccc2C1c1cccc(OCc2ccc(Cl)cc2)c1. The fourth-order valence-electron chi connectivity index (χ4n) is 3.93. The smallest absolute Gasteiger partial charge is 0.353 e. The number of fused-ring (bicyclic) bond motifs is 1. The van der Waals surface area contributed by atoms with E-state index in [4.69, 9.17) is 31.5 Å². The van der Waals surface area contributed by atoms with E-state index in [0.717, 1.165) is 16.7 Å². The number of rotatable bonds is 6. The Hall–Kier alpha value is -4.25. The van der Waals surface area contributed by atoms with Gasteiger partial charge in [0.15, 0.2) is 0 Å². The van der Waals surface area contributed by atoms with E-state index >= 15 is 0 Å². The van der Waals surface area contributed by atoms with Crippen molar-refractivity contribution in [2.24, 2.45) is 5.73 Å². The van der Waals surface area contributed by atoms with Gasteiger partial charge in [-0.05, 0) is 52.9 Å². The highest BCUT2D eigenvalue weighted by Gasteiger charge is 2.31. The lowest BCUT2D eigenvalue weighted by Gasteiger charge is -2.27. The maximum atomic E-state index is 12.4. The predicted molar refractivity (Wildman–Crippen MR) is 137 cm³/mol. The molecule has 36 heavy (non-hydrogen) atoms. The summed E-state index contributed by atoms with van der Waals surface area (Å²) < 4.78 is 17.2. The number of hydrogen-bond donors (Lipinski definition) is 1. The van der Waals surface area contributed by atoms with E-state index in [1.165, 1.54) is 11.3 Å². The molecule has 0 saturated carbocycles. The van der Waals surface area contributed by atoms with Crippen LogP contribution in [0, 0.1) is 11.3 Å². The largest absolute Gasteiger partial charge is 0.489 e. The van der Waals surface area contributed by atoms with Crippen LogP contribution >= 0.6 is 22.9 Å². The monoisotopic (exact) mass is 514 g/mol. The highest BCUT2D eigenvalue weighted by atomic mass is 35.5. The normalized spacial score (nSPS) is 14.4. The summed E-state index contributed by atoms with van der Waals surface area (Å²) in [5.74, 6) is 0.459. The zero-order chi connectivity index (χ0) is 25.1. The Morgan fingerprint density at radius 2 is 1.89 bits per heavy atom. The van der Waals surface area contributed by atoms with Gasteiger partial charge in [0, 0.05) is 16.7 Å². The second-order valence-corrected chi connectivity index (χ2v) is 9.36. The molecule has 0 radical (unpaired) electrons. The summed E-state index contributed by atoms with van der Waals surface area (Å²) >= 11 is 7.26. The minimum Gasteiger partial charge on any atom is -0.489 e. The van der Waals surface area contributed by atoms with Crippen LogP contribution in [-0.2, 0) is 6.61 Å². The number of nitriles is 1. The summed E-state index contributed by atoms with van der Waals surface area (Å²) in [5.41, 5.74) is 8.95. The van der Waals surface area contributed by atoms with E-state index in [0.29, 0.717) is 39.3 Å². The maximum Gasteiger partial charge on any atom is 0.353 e. The average Bonchev–Trinajstić information content (AvgIpc) is 3.43. The molecule has 2 heterocycles. The first kappa shape index (κ1) is 23.5. The molecular weight excluding hydrogens is 496 g/mol. The van der Waals surface area contributed by atoms with E-state index in [2.05, 4.69) is 6.07 Å². The van der Waals surface area contributed by atoms with E-state index < -0.39 is 11.9 Å². The fourth-order valence-corrected chi connectivity index (χ4v) is 4.65. The summed E-state index contributed by atoms with van der Waals surface area (Å²) in [6.07, 6.45) is 0. The summed E-state index contributed by atoms with van der Waals surface area (Å²) in [6.45, 7) is 0.368. The molecular formula is C28H19ClN2O4S. The zero-order valence-electron chi connectivity index (χ0n) is 18.8. The van der Waals surface area contributed by atoms with Crippen LogP contribution in [0.3, 0.4) is 0 Å². The lowest BCUT2D eigenvalue weighted by atomic mass is 9.83. The molecule has 1 aliphatic rings. The first-order valence-electron chi connectivity index (χ1n) is 11.0. The van der Waals surface area contributed by atoms with E-state index in [1.807, 2.05) is 48.5 Å². The zero-order valence-corrected chi connectivity index (χ0v) is 20.4. The molecule has 8 heteroatoms. The number of thiophene rings is 1. The molecule has 0 bridgehead atoms. The second kappa shape index (κ2) is 10.2. The van der Waals surface area contributed by atoms with Gasteiger partial charge < -0.3 is 19.9 Å². The van der Waals surface area contributed by atoms with Gasteiger partial charge in [0.05, 0.1) is 5.92 Å². The van der Waals surface area contributed by atoms with Crippen molar-refractivity contribution in [2.45, 2.75) is 12.5 Å². The third-order valence-electron chi connectivity index (χ3n) is 5.63. The van der Waals surface area contributed by atoms with Gasteiger partial charge in [-0.25, -0.2) is 4.79 Å². The van der Waals surface area contributed by atoms with Crippen molar-refractivity contribution in [1.29, 1.82) is 5.26 Å². The molecule has 1 atom stereocenters. The number of ether oxygens (including phenoxy) is 3. The number of esters is 1. The van der Waals surface area contributed by atoms with Gasteiger partial charge >= 0.3 is 5.97 Å². The highest BCUT2D eigenvalue weighted by Crippen LogP contribution is 2.44. The molecule has 5 rings (SSSR count). The topological polar surface area (TPSA) is 94.6 Å². The van der Waals surface area contributed by atoms with Crippen molar-refractivity contribution in [1.82, 2.24) is 0 Å². The number of hydrogen-bond acceptors (Lipinski definition) is 7. The lowest BCUT2D eigenvalue weighted by molar-refractivity contribution is 0.0739. The Kier molecular flexibility index (Phi) is 6.63. The average molecular weight is 515 g/mol. The standard InChI is InChI=1S/C28H19ClN2O4S/c29-19-8-6-17(7-9-19)16-33-20-4-1-3-18(13-20)26-22-11-10-21(34-28(32)25-5-2-12-36-25)14-24(22)35-27(31)23(26)15-30/h1-14,26H,16,31H2. The van der Waals surface area contributed by atoms with Gasteiger partial charge in [-0.2, -0.15) is 5.26 Å². The molecule has 0 fully saturated rings. The quantitative estimate of drug-likeness (QED) is 0.236. The van der Waals surface area contributed by atoms with E-state index in [1.54, 1.807) is 35.7 Å². The number of nitrogens with zero attached hydrogens (tertiary/aromatic N) is 1. The van der Waals surface area contributed by atoms with Gasteiger partial charge in [-0.15, -0.1) is 11.3 Å². The predicted octanol–water partition coefficient (Wildman–Crippen LogP) is 6.42. The van der Waals surface area contributed by atoms with Crippen LogP contribution in [0.15, 0.2) is 95.7 Å². The van der Waals surface area contributed by atoms with Crippen molar-refractivity contribution in [2.75, 3.05) is 0 Å². The van der Waals surface area contributed by atoms with E-state index in [9.17, 15) is 10.1 Å². The Labute approximate surface area is 216 Å². The Bertz CT molecular complexity index is 1490. The highest BCUT2D eigenvalue weighted by molar-refractivity contribution is 7.12. The third-order valence-corrected chi connectivity index (χ3v) is 6.74. The third kappa shape index (κ3) is 4.91. The summed E-state index contributed by atoms with van der Waals surface area (Å²) in [6, 6.07) is 25.7. The molecule has 1 aromatic heterocycles. The number of carbonyl (C=O) groups excluding carboxylic acids is 1. The Morgan fingerprint density at radius 1 is 1.06 bits per heavy atom. The number of benzene rings is 3. The minimum absolute atomic E-state index is 0.00391. The minimum atomic E-state index is -0.472. The van der Waals surface area contributed by atoms with Crippen LogP contribution in [0.25, 0.3) is 0 Å². The summed E-state index contributed by atoms with van der Waals surface area (Å²) in [5, 5.41) is 12.3. The molecule has 0 saturated heterocycles. The molecule has 4 aromatic rings. The molecule has 0 amide bonds. The van der Waals surface area contributed by atoms with Crippen LogP contribution < -0.4 is 19.9 Å². The molecule has 0 spiro atoms. The van der Waals surface area contributed by atoms with Gasteiger partial charge in [0.25, 0.3) is 0 Å². The van der Waals surface area contributed by atoms with Crippen molar-refractivity contribution >= 4 is 28.9 Å². The van der Waals surface area contributed by atoms with Crippen molar-refractivity contribution in [3.05, 3.63) is 122 Å². The molecule has 3 aromatic carbocycles. The summed E-state index contributed by atoms with van der Waals surface area (Å²) in [7, 11) is 0. The first-order chi connectivity index (χ1) is 17.5. The number of allylic oxidation sites excluding steroid dienone is 1. The molecule has 1 unspecified atom stereocenters. The Balaban J connectivity index is 1.42. The van der Waals surface area contributed by atoms with Crippen molar-refractivity contribution < 1.29 is 19.0 Å². The van der Waals surface area contributed by atoms with Crippen LogP contribution in [0.2, 0.25) is 5.02 Å². The summed E-state index contributed by atoms with van der Waals surface area (Å²) in [4.78, 5) is 12.9.